The number of carbonyl (C=O) groups is 2. The molecule has 8 heterocycles. The first-order valence-electron chi connectivity index (χ1n) is 18.2. The van der Waals surface area contributed by atoms with Gasteiger partial charge in [0.15, 0.2) is 17.3 Å². The normalized spacial score (nSPS) is 16.2. The van der Waals surface area contributed by atoms with Gasteiger partial charge in [-0.15, -0.1) is 20.4 Å². The summed E-state index contributed by atoms with van der Waals surface area (Å²) in [5, 5.41) is 27.7. The second-order valence-corrected chi connectivity index (χ2v) is 13.3. The van der Waals surface area contributed by atoms with E-state index in [0.29, 0.717) is 12.2 Å². The van der Waals surface area contributed by atoms with Gasteiger partial charge < -0.3 is 35.1 Å². The summed E-state index contributed by atoms with van der Waals surface area (Å²) < 4.78 is 7.21. The molecule has 10 rings (SSSR count). The first kappa shape index (κ1) is 36.4. The molecule has 0 unspecified atom stereocenters. The molecule has 1 amide bonds. The van der Waals surface area contributed by atoms with E-state index in [0.717, 1.165) is 66.8 Å². The maximum absolute atomic E-state index is 12.6. The molecule has 0 bridgehead atoms. The van der Waals surface area contributed by atoms with E-state index >= 15 is 0 Å². The Balaban J connectivity index is 0.000000132. The van der Waals surface area contributed by atoms with Crippen molar-refractivity contribution in [1.29, 1.82) is 0 Å². The number of para-hydroxylation sites is 2. The fraction of sp³-hybridized carbons (Fsp3) is 0.211. The fourth-order valence-corrected chi connectivity index (χ4v) is 6.60. The van der Waals surface area contributed by atoms with Crippen LogP contribution >= 0.6 is 0 Å². The number of nitrogens with one attached hydrogen (secondary N) is 1. The van der Waals surface area contributed by atoms with Gasteiger partial charge in [-0.3, -0.25) is 13.6 Å². The van der Waals surface area contributed by atoms with E-state index in [1.165, 1.54) is 12.5 Å². The number of aromatic carboxylic acids is 1. The lowest BCUT2D eigenvalue weighted by atomic mass is 10.2. The predicted molar refractivity (Wildman–Crippen MR) is 209 cm³/mol. The molecular weight excluding hydrogens is 729 g/mol. The number of nitrogens with zero attached hydrogens (tertiary/aromatic N) is 14. The Labute approximate surface area is 325 Å². The predicted octanol–water partition coefficient (Wildman–Crippen LogP) is 2.55. The molecule has 57 heavy (non-hydrogen) atoms. The van der Waals surface area contributed by atoms with Gasteiger partial charge in [-0.25, -0.2) is 24.7 Å². The number of amides is 1. The van der Waals surface area contributed by atoms with Gasteiger partial charge in [0.05, 0.1) is 0 Å². The van der Waals surface area contributed by atoms with Crippen molar-refractivity contribution in [2.45, 2.75) is 24.9 Å². The molecule has 2 aliphatic heterocycles. The lowest BCUT2D eigenvalue weighted by Crippen LogP contribution is -2.37. The number of carbonyl (C=O) groups excluding carboxylic acids is 1. The zero-order valence-corrected chi connectivity index (χ0v) is 30.5. The highest BCUT2D eigenvalue weighted by Gasteiger charge is 2.28. The average molecular weight is 767 g/mol. The Kier molecular flexibility index (Phi) is 10.5. The highest BCUT2D eigenvalue weighted by molar-refractivity contribution is 5.92. The third kappa shape index (κ3) is 8.27. The molecule has 4 N–H and O–H groups in total. The van der Waals surface area contributed by atoms with Gasteiger partial charge in [-0.1, -0.05) is 36.4 Å². The maximum atomic E-state index is 12.6. The summed E-state index contributed by atoms with van der Waals surface area (Å²) in [7, 11) is 0. The first-order chi connectivity index (χ1) is 27.9. The average Bonchev–Trinajstić information content (AvgIpc) is 4.10. The van der Waals surface area contributed by atoms with Crippen LogP contribution in [-0.4, -0.2) is 114 Å². The SMILES string of the molecule is N[C@H]1CCN(c2nccn3cnnc23)C1.O=C(N[C@H]1CCN(c2nccn3cnnc23)C1)c1cn(-c2ccccc2)cn1.O=C(O)c1cn(-c2ccccc2)cn1. The number of rotatable bonds is 7. The summed E-state index contributed by atoms with van der Waals surface area (Å²) in [6.07, 6.45) is 18.7. The topological polar surface area (TPSA) is 221 Å². The highest BCUT2D eigenvalue weighted by Crippen LogP contribution is 2.22. The van der Waals surface area contributed by atoms with Gasteiger partial charge in [0, 0.05) is 86.8 Å². The van der Waals surface area contributed by atoms with Crippen molar-refractivity contribution in [3.63, 3.8) is 0 Å². The largest absolute Gasteiger partial charge is 0.476 e. The zero-order valence-electron chi connectivity index (χ0n) is 30.5. The van der Waals surface area contributed by atoms with Crippen LogP contribution in [0, 0.1) is 0 Å². The van der Waals surface area contributed by atoms with E-state index < -0.39 is 5.97 Å². The Morgan fingerprint density at radius 2 is 1.19 bits per heavy atom. The fourth-order valence-electron chi connectivity index (χ4n) is 6.60. The Hall–Kier alpha value is -7.54. The number of nitrogens with two attached hydrogens (primary N) is 1. The van der Waals surface area contributed by atoms with Crippen molar-refractivity contribution in [3.8, 4) is 11.4 Å². The quantitative estimate of drug-likeness (QED) is 0.212. The monoisotopic (exact) mass is 766 g/mol. The minimum atomic E-state index is -1.01. The van der Waals surface area contributed by atoms with Gasteiger partial charge in [0.2, 0.25) is 11.3 Å². The number of imidazole rings is 2. The molecule has 6 aromatic heterocycles. The Morgan fingerprint density at radius 3 is 1.72 bits per heavy atom. The van der Waals surface area contributed by atoms with Crippen LogP contribution < -0.4 is 20.9 Å². The third-order valence-corrected chi connectivity index (χ3v) is 9.47. The van der Waals surface area contributed by atoms with E-state index in [9.17, 15) is 9.59 Å². The lowest BCUT2D eigenvalue weighted by molar-refractivity contribution is 0.0690. The molecule has 19 heteroatoms. The van der Waals surface area contributed by atoms with Gasteiger partial charge in [-0.05, 0) is 37.1 Å². The van der Waals surface area contributed by atoms with Crippen molar-refractivity contribution < 1.29 is 14.7 Å². The van der Waals surface area contributed by atoms with Crippen LogP contribution in [-0.2, 0) is 0 Å². The summed E-state index contributed by atoms with van der Waals surface area (Å²) in [5.74, 6) is 0.475. The van der Waals surface area contributed by atoms with Crippen LogP contribution in [0.1, 0.15) is 33.8 Å². The Morgan fingerprint density at radius 1 is 0.667 bits per heavy atom. The van der Waals surface area contributed by atoms with E-state index in [1.54, 1.807) is 42.1 Å². The third-order valence-electron chi connectivity index (χ3n) is 9.47. The second-order valence-electron chi connectivity index (χ2n) is 13.3. The first-order valence-corrected chi connectivity index (χ1v) is 18.2. The van der Waals surface area contributed by atoms with Crippen molar-refractivity contribution in [1.82, 2.24) is 63.6 Å². The number of carboxylic acid groups (broad SMARTS) is 1. The molecule has 8 aromatic rings. The van der Waals surface area contributed by atoms with E-state index in [1.807, 2.05) is 86.4 Å². The van der Waals surface area contributed by atoms with Gasteiger partial charge in [0.1, 0.15) is 31.0 Å². The summed E-state index contributed by atoms with van der Waals surface area (Å²) in [5.41, 5.74) is 9.70. The summed E-state index contributed by atoms with van der Waals surface area (Å²) in [4.78, 5) is 44.3. The molecule has 288 valence electrons. The molecule has 19 nitrogen and oxygen atoms in total. The number of hydrogen-bond donors (Lipinski definition) is 3. The summed E-state index contributed by atoms with van der Waals surface area (Å²) in [6, 6.07) is 19.5. The van der Waals surface area contributed by atoms with Crippen molar-refractivity contribution in [2.75, 3.05) is 36.0 Å². The molecule has 0 aliphatic carbocycles. The standard InChI is InChI=1S/C19H18N8O.C10H8N2O2.C9H12N6/c28-19(16-11-27(12-21-16)15-4-2-1-3-5-15)23-14-6-8-25(10-14)17-18-24-22-13-26(18)9-7-20-17;13-10(14)9-6-12(7-11-9)8-4-2-1-3-5-8;10-7-1-3-14(5-7)8-9-13-12-6-15(9)4-2-11-8/h1-5,7,9,11-14H,6,8,10H2,(H,23,28);1-7H,(H,13,14);2,4,6-7H,1,3,5,10H2/t14-;;7-/m0.0/s1. The molecule has 2 atom stereocenters. The number of carboxylic acids is 1. The Bertz CT molecular complexity index is 2580. The van der Waals surface area contributed by atoms with E-state index in [-0.39, 0.29) is 23.7 Å². The lowest BCUT2D eigenvalue weighted by Gasteiger charge is -2.17. The zero-order chi connectivity index (χ0) is 39.1. The molecule has 2 aromatic carbocycles. The molecule has 2 aliphatic rings. The van der Waals surface area contributed by atoms with E-state index in [2.05, 4.69) is 55.4 Å². The van der Waals surface area contributed by atoms with Crippen LogP contribution in [0.25, 0.3) is 22.7 Å². The van der Waals surface area contributed by atoms with Crippen LogP contribution in [0.5, 0.6) is 0 Å². The van der Waals surface area contributed by atoms with Gasteiger partial charge >= 0.3 is 5.97 Å². The number of anilines is 2. The number of benzene rings is 2. The number of fused-ring (bicyclic) bond motifs is 2. The number of hydrogen-bond acceptors (Lipinski definition) is 13. The molecule has 0 saturated carbocycles. The van der Waals surface area contributed by atoms with E-state index in [4.69, 9.17) is 10.8 Å². The molecular formula is C38H38N16O3. The molecule has 0 radical (unpaired) electrons. The summed E-state index contributed by atoms with van der Waals surface area (Å²) >= 11 is 0. The minimum absolute atomic E-state index is 0.0272. The smallest absolute Gasteiger partial charge is 0.356 e. The van der Waals surface area contributed by atoms with Crippen LogP contribution in [0.3, 0.4) is 0 Å². The van der Waals surface area contributed by atoms with Gasteiger partial charge in [-0.2, -0.15) is 0 Å². The highest BCUT2D eigenvalue weighted by atomic mass is 16.4. The summed E-state index contributed by atoms with van der Waals surface area (Å²) in [6.45, 7) is 3.26. The minimum Gasteiger partial charge on any atom is -0.476 e. The second kappa shape index (κ2) is 16.4. The van der Waals surface area contributed by atoms with Crippen LogP contribution in [0.2, 0.25) is 0 Å². The van der Waals surface area contributed by atoms with Gasteiger partial charge in [0.25, 0.3) is 5.91 Å². The molecule has 2 fully saturated rings. The van der Waals surface area contributed by atoms with Crippen molar-refractivity contribution in [3.05, 3.63) is 135 Å². The molecule has 0 spiro atoms. The van der Waals surface area contributed by atoms with Crippen LogP contribution in [0.4, 0.5) is 11.6 Å². The molecule has 2 saturated heterocycles. The maximum Gasteiger partial charge on any atom is 0.356 e. The van der Waals surface area contributed by atoms with Crippen molar-refractivity contribution in [2.24, 2.45) is 5.73 Å². The van der Waals surface area contributed by atoms with Crippen LogP contribution in [0.15, 0.2) is 123 Å². The van der Waals surface area contributed by atoms with Crippen molar-refractivity contribution >= 4 is 34.8 Å². The number of aromatic nitrogens is 12.